The highest BCUT2D eigenvalue weighted by atomic mass is 16.2. The molecule has 28 heavy (non-hydrogen) atoms. The molecule has 0 radical (unpaired) electrons. The Kier molecular flexibility index (Phi) is 5.47. The first-order chi connectivity index (χ1) is 13.7. The second-order valence-corrected chi connectivity index (χ2v) is 8.05. The van der Waals surface area contributed by atoms with Crippen LogP contribution in [0.2, 0.25) is 0 Å². The highest BCUT2D eigenvalue weighted by molar-refractivity contribution is 5.94. The Bertz CT molecular complexity index is 809. The summed E-state index contributed by atoms with van der Waals surface area (Å²) in [7, 11) is 0. The van der Waals surface area contributed by atoms with Crippen LogP contribution in [0.3, 0.4) is 0 Å². The minimum atomic E-state index is -0.505. The molecule has 2 fully saturated rings. The van der Waals surface area contributed by atoms with Gasteiger partial charge in [0.1, 0.15) is 6.04 Å². The molecule has 1 unspecified atom stereocenters. The summed E-state index contributed by atoms with van der Waals surface area (Å²) in [6.45, 7) is 1.59. The van der Waals surface area contributed by atoms with Crippen molar-refractivity contribution >= 4 is 11.8 Å². The standard InChI is InChI=1S/C24H28N2O2/c27-22(26-16-7-8-17-26)21(18-19-10-3-1-4-11-19)25-23(28)24(14-9-15-24)20-12-5-2-6-13-20/h1-6,10-13,21H,7-9,14-18H2,(H,25,28). The quantitative estimate of drug-likeness (QED) is 0.839. The van der Waals surface area contributed by atoms with Crippen molar-refractivity contribution in [2.24, 2.45) is 0 Å². The molecule has 1 heterocycles. The maximum Gasteiger partial charge on any atom is 0.245 e. The summed E-state index contributed by atoms with van der Waals surface area (Å²) in [5, 5.41) is 3.15. The largest absolute Gasteiger partial charge is 0.343 e. The fraction of sp³-hybridized carbons (Fsp3) is 0.417. The Labute approximate surface area is 166 Å². The van der Waals surface area contributed by atoms with E-state index < -0.39 is 11.5 Å². The lowest BCUT2D eigenvalue weighted by atomic mass is 9.63. The summed E-state index contributed by atoms with van der Waals surface area (Å²) in [6.07, 6.45) is 5.37. The van der Waals surface area contributed by atoms with Gasteiger partial charge in [0.15, 0.2) is 0 Å². The average Bonchev–Trinajstić information content (AvgIpc) is 3.22. The van der Waals surface area contributed by atoms with Crippen molar-refractivity contribution in [2.75, 3.05) is 13.1 Å². The zero-order valence-electron chi connectivity index (χ0n) is 16.3. The fourth-order valence-electron chi connectivity index (χ4n) is 4.44. The Morgan fingerprint density at radius 1 is 0.893 bits per heavy atom. The predicted octanol–water partition coefficient (Wildman–Crippen LogP) is 3.46. The monoisotopic (exact) mass is 376 g/mol. The van der Waals surface area contributed by atoms with E-state index in [-0.39, 0.29) is 11.8 Å². The van der Waals surface area contributed by atoms with Gasteiger partial charge in [-0.15, -0.1) is 0 Å². The topological polar surface area (TPSA) is 49.4 Å². The average molecular weight is 377 g/mol. The zero-order valence-corrected chi connectivity index (χ0v) is 16.3. The van der Waals surface area contributed by atoms with Gasteiger partial charge < -0.3 is 10.2 Å². The number of benzene rings is 2. The molecule has 1 saturated carbocycles. The van der Waals surface area contributed by atoms with Crippen molar-refractivity contribution < 1.29 is 9.59 Å². The smallest absolute Gasteiger partial charge is 0.245 e. The minimum Gasteiger partial charge on any atom is -0.343 e. The lowest BCUT2D eigenvalue weighted by Gasteiger charge is -2.41. The number of likely N-dealkylation sites (tertiary alicyclic amines) is 1. The van der Waals surface area contributed by atoms with Crippen LogP contribution in [0.1, 0.15) is 43.2 Å². The van der Waals surface area contributed by atoms with Gasteiger partial charge >= 0.3 is 0 Å². The van der Waals surface area contributed by atoms with Crippen molar-refractivity contribution in [3.63, 3.8) is 0 Å². The number of rotatable bonds is 6. The van der Waals surface area contributed by atoms with Gasteiger partial charge in [0.25, 0.3) is 0 Å². The third kappa shape index (κ3) is 3.68. The molecule has 2 amide bonds. The third-order valence-electron chi connectivity index (χ3n) is 6.27. The molecule has 4 nitrogen and oxygen atoms in total. The van der Waals surface area contributed by atoms with E-state index in [2.05, 4.69) is 5.32 Å². The Morgan fingerprint density at radius 3 is 2.07 bits per heavy atom. The van der Waals surface area contributed by atoms with Gasteiger partial charge in [-0.05, 0) is 36.8 Å². The molecular weight excluding hydrogens is 348 g/mol. The van der Waals surface area contributed by atoms with E-state index in [0.29, 0.717) is 6.42 Å². The van der Waals surface area contributed by atoms with Crippen LogP contribution in [-0.2, 0) is 21.4 Å². The molecule has 2 aliphatic rings. The summed E-state index contributed by atoms with van der Waals surface area (Å²) in [5.74, 6) is 0.0515. The first kappa shape index (κ1) is 18.7. The van der Waals surface area contributed by atoms with Crippen molar-refractivity contribution in [3.05, 3.63) is 71.8 Å². The van der Waals surface area contributed by atoms with Crippen molar-refractivity contribution in [1.82, 2.24) is 10.2 Å². The summed E-state index contributed by atoms with van der Waals surface area (Å²) < 4.78 is 0. The Hall–Kier alpha value is -2.62. The second kappa shape index (κ2) is 8.17. The minimum absolute atomic E-state index is 0.00146. The first-order valence-corrected chi connectivity index (χ1v) is 10.4. The second-order valence-electron chi connectivity index (χ2n) is 8.05. The Morgan fingerprint density at radius 2 is 1.50 bits per heavy atom. The Balaban J connectivity index is 1.55. The van der Waals surface area contributed by atoms with E-state index in [9.17, 15) is 9.59 Å². The first-order valence-electron chi connectivity index (χ1n) is 10.4. The molecular formula is C24H28N2O2. The molecule has 146 valence electrons. The number of carbonyl (C=O) groups excluding carboxylic acids is 2. The van der Waals surface area contributed by atoms with Crippen molar-refractivity contribution in [3.8, 4) is 0 Å². The molecule has 1 N–H and O–H groups in total. The molecule has 0 spiro atoms. The zero-order chi connectivity index (χ0) is 19.4. The lowest BCUT2D eigenvalue weighted by molar-refractivity contribution is -0.138. The van der Waals surface area contributed by atoms with E-state index in [0.717, 1.165) is 56.3 Å². The predicted molar refractivity (Wildman–Crippen MR) is 110 cm³/mol. The molecule has 1 aliphatic carbocycles. The van der Waals surface area contributed by atoms with E-state index >= 15 is 0 Å². The summed E-state index contributed by atoms with van der Waals surface area (Å²) in [6, 6.07) is 19.5. The van der Waals surface area contributed by atoms with Gasteiger partial charge in [0.2, 0.25) is 11.8 Å². The van der Waals surface area contributed by atoms with Crippen LogP contribution in [0.5, 0.6) is 0 Å². The SMILES string of the molecule is O=C(C(Cc1ccccc1)NC(=O)C1(c2ccccc2)CCC1)N1CCCC1. The highest BCUT2D eigenvalue weighted by Gasteiger charge is 2.46. The van der Waals surface area contributed by atoms with Gasteiger partial charge in [-0.1, -0.05) is 67.1 Å². The summed E-state index contributed by atoms with van der Waals surface area (Å²) in [5.41, 5.74) is 1.65. The molecule has 4 heteroatoms. The van der Waals surface area contributed by atoms with Crippen LogP contribution < -0.4 is 5.32 Å². The fourth-order valence-corrected chi connectivity index (χ4v) is 4.44. The number of nitrogens with one attached hydrogen (secondary N) is 1. The number of carbonyl (C=O) groups is 2. The number of amides is 2. The molecule has 4 rings (SSSR count). The summed E-state index contributed by atoms with van der Waals surface area (Å²) in [4.78, 5) is 28.5. The maximum atomic E-state index is 13.4. The van der Waals surface area contributed by atoms with Crippen LogP contribution in [0.15, 0.2) is 60.7 Å². The van der Waals surface area contributed by atoms with Gasteiger partial charge in [0, 0.05) is 19.5 Å². The number of hydrogen-bond donors (Lipinski definition) is 1. The molecule has 1 saturated heterocycles. The van der Waals surface area contributed by atoms with Crippen LogP contribution in [0, 0.1) is 0 Å². The molecule has 2 aromatic carbocycles. The highest BCUT2D eigenvalue weighted by Crippen LogP contribution is 2.44. The van der Waals surface area contributed by atoms with Crippen LogP contribution in [0.25, 0.3) is 0 Å². The number of hydrogen-bond acceptors (Lipinski definition) is 2. The molecule has 1 atom stereocenters. The molecule has 0 aromatic heterocycles. The van der Waals surface area contributed by atoms with E-state index in [1.165, 1.54) is 0 Å². The van der Waals surface area contributed by atoms with Crippen LogP contribution >= 0.6 is 0 Å². The van der Waals surface area contributed by atoms with E-state index in [4.69, 9.17) is 0 Å². The van der Waals surface area contributed by atoms with Crippen LogP contribution in [-0.4, -0.2) is 35.8 Å². The maximum absolute atomic E-state index is 13.4. The molecule has 1 aliphatic heterocycles. The lowest BCUT2D eigenvalue weighted by Crippen LogP contribution is -2.56. The van der Waals surface area contributed by atoms with Crippen molar-refractivity contribution in [2.45, 2.75) is 50.0 Å². The molecule has 0 bridgehead atoms. The van der Waals surface area contributed by atoms with E-state index in [1.807, 2.05) is 65.6 Å². The van der Waals surface area contributed by atoms with Gasteiger partial charge in [-0.2, -0.15) is 0 Å². The normalized spacial score (nSPS) is 18.9. The van der Waals surface area contributed by atoms with Gasteiger partial charge in [0.05, 0.1) is 5.41 Å². The van der Waals surface area contributed by atoms with Gasteiger partial charge in [-0.25, -0.2) is 0 Å². The van der Waals surface area contributed by atoms with Gasteiger partial charge in [-0.3, -0.25) is 9.59 Å². The third-order valence-corrected chi connectivity index (χ3v) is 6.27. The van der Waals surface area contributed by atoms with Crippen molar-refractivity contribution in [1.29, 1.82) is 0 Å². The van der Waals surface area contributed by atoms with Crippen LogP contribution in [0.4, 0.5) is 0 Å². The molecule has 2 aromatic rings. The van der Waals surface area contributed by atoms with E-state index in [1.54, 1.807) is 0 Å². The summed E-state index contributed by atoms with van der Waals surface area (Å²) >= 11 is 0. The number of nitrogens with zero attached hydrogens (tertiary/aromatic N) is 1.